The molecule has 0 bridgehead atoms. The lowest BCUT2D eigenvalue weighted by Crippen LogP contribution is -2.35. The number of hydrogen-bond acceptors (Lipinski definition) is 9. The lowest BCUT2D eigenvalue weighted by molar-refractivity contribution is 0.269. The number of anilines is 2. The Labute approximate surface area is 153 Å². The van der Waals surface area contributed by atoms with Crippen LogP contribution in [0.4, 0.5) is 11.6 Å². The van der Waals surface area contributed by atoms with Gasteiger partial charge in [0.15, 0.2) is 17.3 Å². The van der Waals surface area contributed by atoms with E-state index < -0.39 is 0 Å². The standard InChI is InChI=1S/C16H16N10O/c27-4-3-24-9-12(6-19-24)13-7-17-15-16(21-13)26(23-22-15)8-11-1-2-25-14(5-11)18-10-20-25/h1-2,5-7,9-10,23,27H,3-4,8H2,(H,17,22). The van der Waals surface area contributed by atoms with Crippen molar-refractivity contribution in [1.29, 1.82) is 0 Å². The molecule has 11 heteroatoms. The number of nitrogens with one attached hydrogen (secondary N) is 2. The molecule has 4 aromatic heterocycles. The monoisotopic (exact) mass is 364 g/mol. The molecule has 27 heavy (non-hydrogen) atoms. The molecule has 0 saturated heterocycles. The first-order valence-electron chi connectivity index (χ1n) is 8.38. The summed E-state index contributed by atoms with van der Waals surface area (Å²) in [5.41, 5.74) is 9.50. The fourth-order valence-electron chi connectivity index (χ4n) is 2.94. The number of fused-ring (bicyclic) bond motifs is 2. The molecule has 5 rings (SSSR count). The van der Waals surface area contributed by atoms with Crippen molar-refractivity contribution >= 4 is 17.3 Å². The van der Waals surface area contributed by atoms with E-state index in [4.69, 9.17) is 10.1 Å². The van der Waals surface area contributed by atoms with E-state index in [2.05, 4.69) is 31.1 Å². The fourth-order valence-corrected chi connectivity index (χ4v) is 2.94. The van der Waals surface area contributed by atoms with E-state index >= 15 is 0 Å². The van der Waals surface area contributed by atoms with Gasteiger partial charge in [0.1, 0.15) is 6.33 Å². The lowest BCUT2D eigenvalue weighted by atomic mass is 10.2. The van der Waals surface area contributed by atoms with Gasteiger partial charge in [-0.3, -0.25) is 15.1 Å². The zero-order valence-corrected chi connectivity index (χ0v) is 14.2. The minimum Gasteiger partial charge on any atom is -0.394 e. The van der Waals surface area contributed by atoms with Crippen LogP contribution in [-0.2, 0) is 13.1 Å². The molecule has 0 amide bonds. The molecule has 1 aliphatic heterocycles. The second-order valence-corrected chi connectivity index (χ2v) is 6.06. The summed E-state index contributed by atoms with van der Waals surface area (Å²) in [5.74, 6) is 1.36. The quantitative estimate of drug-likeness (QED) is 0.457. The van der Waals surface area contributed by atoms with Gasteiger partial charge in [-0.1, -0.05) is 0 Å². The molecule has 0 spiro atoms. The number of nitrogens with zero attached hydrogens (tertiary/aromatic N) is 8. The molecule has 0 radical (unpaired) electrons. The number of aliphatic hydroxyl groups is 1. The lowest BCUT2D eigenvalue weighted by Gasteiger charge is -2.16. The van der Waals surface area contributed by atoms with Crippen LogP contribution in [0.2, 0.25) is 0 Å². The summed E-state index contributed by atoms with van der Waals surface area (Å²) in [6.45, 7) is 1.05. The third kappa shape index (κ3) is 2.84. The van der Waals surface area contributed by atoms with Crippen LogP contribution in [0.25, 0.3) is 16.9 Å². The van der Waals surface area contributed by atoms with Crippen LogP contribution in [-0.4, -0.2) is 46.1 Å². The maximum atomic E-state index is 9.03. The van der Waals surface area contributed by atoms with Gasteiger partial charge < -0.3 is 5.11 Å². The van der Waals surface area contributed by atoms with Gasteiger partial charge in [-0.15, -0.1) is 5.53 Å². The van der Waals surface area contributed by atoms with Gasteiger partial charge in [-0.25, -0.2) is 19.5 Å². The van der Waals surface area contributed by atoms with Gasteiger partial charge in [0.05, 0.1) is 37.8 Å². The van der Waals surface area contributed by atoms with Gasteiger partial charge in [0, 0.05) is 18.0 Å². The molecule has 1 aliphatic rings. The van der Waals surface area contributed by atoms with Crippen molar-refractivity contribution in [3.63, 3.8) is 0 Å². The van der Waals surface area contributed by atoms with Crippen LogP contribution in [0.1, 0.15) is 5.56 Å². The highest BCUT2D eigenvalue weighted by molar-refractivity contribution is 5.69. The fraction of sp³-hybridized carbons (Fsp3) is 0.188. The highest BCUT2D eigenvalue weighted by Gasteiger charge is 2.23. The summed E-state index contributed by atoms with van der Waals surface area (Å²) < 4.78 is 3.39. The van der Waals surface area contributed by atoms with Crippen LogP contribution < -0.4 is 16.0 Å². The molecule has 11 nitrogen and oxygen atoms in total. The molecule has 136 valence electrons. The maximum absolute atomic E-state index is 9.03. The molecule has 3 N–H and O–H groups in total. The zero-order chi connectivity index (χ0) is 18.2. The summed E-state index contributed by atoms with van der Waals surface area (Å²) in [4.78, 5) is 13.4. The molecule has 5 heterocycles. The first-order chi connectivity index (χ1) is 13.3. The van der Waals surface area contributed by atoms with E-state index in [1.807, 2.05) is 29.5 Å². The second-order valence-electron chi connectivity index (χ2n) is 6.06. The smallest absolute Gasteiger partial charge is 0.190 e. The van der Waals surface area contributed by atoms with Crippen molar-refractivity contribution in [3.05, 3.63) is 48.8 Å². The Morgan fingerprint density at radius 1 is 1.15 bits per heavy atom. The molecule has 0 saturated carbocycles. The van der Waals surface area contributed by atoms with E-state index in [-0.39, 0.29) is 6.61 Å². The van der Waals surface area contributed by atoms with Crippen LogP contribution >= 0.6 is 0 Å². The normalized spacial score (nSPS) is 13.1. The molecular formula is C16H16N10O. The van der Waals surface area contributed by atoms with Gasteiger partial charge in [-0.05, 0) is 17.7 Å². The number of rotatable bonds is 5. The number of aromatic nitrogens is 7. The van der Waals surface area contributed by atoms with E-state index in [0.29, 0.717) is 30.4 Å². The molecule has 0 aromatic carbocycles. The summed E-state index contributed by atoms with van der Waals surface area (Å²) in [5, 5.41) is 19.2. The van der Waals surface area contributed by atoms with Crippen molar-refractivity contribution in [2.75, 3.05) is 17.0 Å². The van der Waals surface area contributed by atoms with Gasteiger partial charge in [-0.2, -0.15) is 10.2 Å². The average Bonchev–Trinajstić information content (AvgIpc) is 3.41. The largest absolute Gasteiger partial charge is 0.394 e. The SMILES string of the molecule is OCCn1cc(-c2cnc3c(n2)N(Cc2ccn4ncnc4c2)NN3)cn1. The average molecular weight is 364 g/mol. The summed E-state index contributed by atoms with van der Waals surface area (Å²) in [6, 6.07) is 3.96. The Morgan fingerprint density at radius 3 is 3.04 bits per heavy atom. The highest BCUT2D eigenvalue weighted by atomic mass is 16.3. The topological polar surface area (TPSA) is 121 Å². The van der Waals surface area contributed by atoms with Gasteiger partial charge in [0.25, 0.3) is 0 Å². The van der Waals surface area contributed by atoms with Crippen LogP contribution in [0.15, 0.2) is 43.2 Å². The molecule has 0 atom stereocenters. The molecule has 4 aromatic rings. The van der Waals surface area contributed by atoms with Crippen molar-refractivity contribution in [1.82, 2.24) is 39.9 Å². The van der Waals surface area contributed by atoms with Crippen LogP contribution in [0.5, 0.6) is 0 Å². The number of pyridine rings is 1. The third-order valence-corrected chi connectivity index (χ3v) is 4.26. The van der Waals surface area contributed by atoms with Crippen LogP contribution in [0.3, 0.4) is 0 Å². The first kappa shape index (κ1) is 15.7. The van der Waals surface area contributed by atoms with Crippen molar-refractivity contribution < 1.29 is 5.11 Å². The molecule has 0 aliphatic carbocycles. The van der Waals surface area contributed by atoms with Crippen LogP contribution in [0, 0.1) is 0 Å². The van der Waals surface area contributed by atoms with E-state index in [1.165, 1.54) is 6.33 Å². The predicted molar refractivity (Wildman–Crippen MR) is 96.3 cm³/mol. The second kappa shape index (κ2) is 6.30. The predicted octanol–water partition coefficient (Wildman–Crippen LogP) is 0.227. The van der Waals surface area contributed by atoms with E-state index in [0.717, 1.165) is 16.8 Å². The van der Waals surface area contributed by atoms with Gasteiger partial charge in [0.2, 0.25) is 0 Å². The Balaban J connectivity index is 1.42. The molecule has 0 fully saturated rings. The van der Waals surface area contributed by atoms with E-state index in [1.54, 1.807) is 21.6 Å². The Kier molecular flexibility index (Phi) is 3.66. The molecular weight excluding hydrogens is 348 g/mol. The van der Waals surface area contributed by atoms with Crippen molar-refractivity contribution in [3.8, 4) is 11.3 Å². The Bertz CT molecular complexity index is 1100. The minimum absolute atomic E-state index is 0.0367. The third-order valence-electron chi connectivity index (χ3n) is 4.26. The highest BCUT2D eigenvalue weighted by Crippen LogP contribution is 2.28. The number of hydrogen-bond donors (Lipinski definition) is 3. The Morgan fingerprint density at radius 2 is 2.11 bits per heavy atom. The van der Waals surface area contributed by atoms with Crippen molar-refractivity contribution in [2.24, 2.45) is 0 Å². The summed E-state index contributed by atoms with van der Waals surface area (Å²) >= 11 is 0. The van der Waals surface area contributed by atoms with E-state index in [9.17, 15) is 0 Å². The first-order valence-corrected chi connectivity index (χ1v) is 8.38. The number of hydrazine groups is 2. The summed E-state index contributed by atoms with van der Waals surface area (Å²) in [6.07, 6.45) is 8.65. The van der Waals surface area contributed by atoms with Gasteiger partial charge >= 0.3 is 0 Å². The Hall–Kier alpha value is -3.57. The zero-order valence-electron chi connectivity index (χ0n) is 14.2. The maximum Gasteiger partial charge on any atom is 0.190 e. The summed E-state index contributed by atoms with van der Waals surface area (Å²) in [7, 11) is 0. The van der Waals surface area contributed by atoms with Crippen molar-refractivity contribution in [2.45, 2.75) is 13.1 Å². The number of aliphatic hydroxyl groups excluding tert-OH is 1. The molecule has 0 unspecified atom stereocenters. The minimum atomic E-state index is 0.0367.